The van der Waals surface area contributed by atoms with E-state index in [4.69, 9.17) is 4.42 Å². The second-order valence-electron chi connectivity index (χ2n) is 5.56. The highest BCUT2D eigenvalue weighted by Crippen LogP contribution is 2.35. The van der Waals surface area contributed by atoms with Gasteiger partial charge in [0.25, 0.3) is 5.91 Å². The number of nitrogens with zero attached hydrogens (tertiary/aromatic N) is 2. The van der Waals surface area contributed by atoms with Crippen molar-refractivity contribution in [2.24, 2.45) is 0 Å². The van der Waals surface area contributed by atoms with E-state index < -0.39 is 17.8 Å². The van der Waals surface area contributed by atoms with Crippen molar-refractivity contribution in [1.29, 1.82) is 0 Å². The molecule has 2 aromatic rings. The molecule has 1 aliphatic rings. The van der Waals surface area contributed by atoms with Gasteiger partial charge in [-0.3, -0.25) is 9.48 Å². The standard InChI is InChI=1S/C15H15BrF3N3O2/c16-12-6-5-11(24-12)14(23)20-7-8-22-10-4-2-1-3-9(10)13(21-22)15(17,18)19/h5-6H,1-4,7-8H2,(H,20,23). The molecule has 5 nitrogen and oxygen atoms in total. The van der Waals surface area contributed by atoms with Crippen molar-refractivity contribution >= 4 is 21.8 Å². The summed E-state index contributed by atoms with van der Waals surface area (Å²) >= 11 is 3.10. The summed E-state index contributed by atoms with van der Waals surface area (Å²) in [5.74, 6) is -0.280. The summed E-state index contributed by atoms with van der Waals surface area (Å²) in [6.45, 7) is 0.356. The first kappa shape index (κ1) is 17.1. The number of hydrogen-bond donors (Lipinski definition) is 1. The molecule has 3 rings (SSSR count). The minimum atomic E-state index is -4.45. The SMILES string of the molecule is O=C(NCCn1nc(C(F)(F)F)c2c1CCCC2)c1ccc(Br)o1. The van der Waals surface area contributed by atoms with Crippen molar-refractivity contribution in [1.82, 2.24) is 15.1 Å². The van der Waals surface area contributed by atoms with Gasteiger partial charge >= 0.3 is 6.18 Å². The first-order valence-corrected chi connectivity index (χ1v) is 8.35. The number of nitrogens with one attached hydrogen (secondary N) is 1. The van der Waals surface area contributed by atoms with Crippen LogP contribution in [0.2, 0.25) is 0 Å². The monoisotopic (exact) mass is 405 g/mol. The first-order valence-electron chi connectivity index (χ1n) is 7.55. The molecule has 0 saturated heterocycles. The van der Waals surface area contributed by atoms with E-state index in [0.29, 0.717) is 28.8 Å². The fourth-order valence-corrected chi connectivity index (χ4v) is 3.19. The number of carbonyl (C=O) groups is 1. The summed E-state index contributed by atoms with van der Waals surface area (Å²) in [7, 11) is 0. The summed E-state index contributed by atoms with van der Waals surface area (Å²) < 4.78 is 46.2. The Labute approximate surface area is 144 Å². The van der Waals surface area contributed by atoms with Gasteiger partial charge in [0.2, 0.25) is 0 Å². The number of furan rings is 1. The van der Waals surface area contributed by atoms with Crippen LogP contribution in [0, 0.1) is 0 Å². The van der Waals surface area contributed by atoms with E-state index in [2.05, 4.69) is 26.3 Å². The normalized spacial score (nSPS) is 14.5. The fraction of sp³-hybridized carbons (Fsp3) is 0.467. The third kappa shape index (κ3) is 3.50. The third-order valence-electron chi connectivity index (χ3n) is 3.93. The van der Waals surface area contributed by atoms with Crippen molar-refractivity contribution in [3.05, 3.63) is 39.5 Å². The van der Waals surface area contributed by atoms with Gasteiger partial charge in [0.1, 0.15) is 0 Å². The molecular formula is C15H15BrF3N3O2. The van der Waals surface area contributed by atoms with E-state index in [1.807, 2.05) is 0 Å². The molecule has 2 heterocycles. The van der Waals surface area contributed by atoms with Crippen LogP contribution in [-0.4, -0.2) is 22.2 Å². The fourth-order valence-electron chi connectivity index (χ4n) is 2.88. The van der Waals surface area contributed by atoms with Crippen LogP contribution in [0.5, 0.6) is 0 Å². The Balaban J connectivity index is 1.69. The smallest absolute Gasteiger partial charge is 0.435 e. The molecule has 24 heavy (non-hydrogen) atoms. The Hall–Kier alpha value is -1.77. The number of amides is 1. The van der Waals surface area contributed by atoms with E-state index in [0.717, 1.165) is 12.8 Å². The van der Waals surface area contributed by atoms with Crippen molar-refractivity contribution < 1.29 is 22.4 Å². The summed E-state index contributed by atoms with van der Waals surface area (Å²) in [5.41, 5.74) is 0.136. The van der Waals surface area contributed by atoms with Gasteiger partial charge in [0, 0.05) is 17.8 Å². The number of carbonyl (C=O) groups excluding carboxylic acids is 1. The molecule has 0 saturated carbocycles. The molecule has 0 radical (unpaired) electrons. The minimum Gasteiger partial charge on any atom is -0.444 e. The second kappa shape index (κ2) is 6.62. The Bertz CT molecular complexity index is 752. The van der Waals surface area contributed by atoms with E-state index in [-0.39, 0.29) is 18.8 Å². The summed E-state index contributed by atoms with van der Waals surface area (Å²) in [5, 5.41) is 6.37. The van der Waals surface area contributed by atoms with E-state index in [9.17, 15) is 18.0 Å². The molecule has 0 spiro atoms. The van der Waals surface area contributed by atoms with Crippen LogP contribution in [0.25, 0.3) is 0 Å². The first-order chi connectivity index (χ1) is 11.4. The highest BCUT2D eigenvalue weighted by molar-refractivity contribution is 9.10. The van der Waals surface area contributed by atoms with Crippen LogP contribution in [-0.2, 0) is 25.6 Å². The molecule has 0 aliphatic heterocycles. The minimum absolute atomic E-state index is 0.139. The van der Waals surface area contributed by atoms with E-state index in [1.165, 1.54) is 10.7 Å². The van der Waals surface area contributed by atoms with Crippen LogP contribution >= 0.6 is 15.9 Å². The highest BCUT2D eigenvalue weighted by Gasteiger charge is 2.39. The van der Waals surface area contributed by atoms with Crippen LogP contribution < -0.4 is 5.32 Å². The lowest BCUT2D eigenvalue weighted by atomic mass is 9.95. The number of rotatable bonds is 4. The molecule has 9 heteroatoms. The average Bonchev–Trinajstić information content (AvgIpc) is 3.11. The molecule has 1 amide bonds. The molecule has 1 aliphatic carbocycles. The van der Waals surface area contributed by atoms with Gasteiger partial charge in [-0.1, -0.05) is 0 Å². The molecule has 2 aromatic heterocycles. The topological polar surface area (TPSA) is 60.1 Å². The van der Waals surface area contributed by atoms with Crippen LogP contribution in [0.4, 0.5) is 13.2 Å². The van der Waals surface area contributed by atoms with E-state index >= 15 is 0 Å². The van der Waals surface area contributed by atoms with Gasteiger partial charge in [-0.05, 0) is 53.7 Å². The summed E-state index contributed by atoms with van der Waals surface area (Å²) in [4.78, 5) is 11.9. The zero-order valence-corrected chi connectivity index (χ0v) is 14.2. The lowest BCUT2D eigenvalue weighted by Crippen LogP contribution is -2.28. The van der Waals surface area contributed by atoms with Gasteiger partial charge in [0.05, 0.1) is 6.54 Å². The number of alkyl halides is 3. The van der Waals surface area contributed by atoms with Crippen LogP contribution in [0.1, 0.15) is 40.3 Å². The molecule has 0 fully saturated rings. The lowest BCUT2D eigenvalue weighted by Gasteiger charge is -2.14. The van der Waals surface area contributed by atoms with Crippen LogP contribution in [0.15, 0.2) is 21.2 Å². The predicted molar refractivity (Wildman–Crippen MR) is 82.6 cm³/mol. The molecule has 130 valence electrons. The quantitative estimate of drug-likeness (QED) is 0.845. The molecule has 0 atom stereocenters. The van der Waals surface area contributed by atoms with Crippen molar-refractivity contribution in [3.8, 4) is 0 Å². The molecule has 1 N–H and O–H groups in total. The number of hydrogen-bond acceptors (Lipinski definition) is 3. The Morgan fingerprint density at radius 2 is 2.08 bits per heavy atom. The maximum Gasteiger partial charge on any atom is 0.435 e. The number of halogens is 4. The molecule has 0 unspecified atom stereocenters. The predicted octanol–water partition coefficient (Wildman–Crippen LogP) is 3.57. The van der Waals surface area contributed by atoms with E-state index in [1.54, 1.807) is 6.07 Å². The Morgan fingerprint density at radius 3 is 2.75 bits per heavy atom. The Morgan fingerprint density at radius 1 is 1.33 bits per heavy atom. The maximum absolute atomic E-state index is 13.1. The Kier molecular flexibility index (Phi) is 4.71. The lowest BCUT2D eigenvalue weighted by molar-refractivity contribution is -0.142. The average molecular weight is 406 g/mol. The number of aromatic nitrogens is 2. The van der Waals surface area contributed by atoms with Gasteiger partial charge in [-0.15, -0.1) is 0 Å². The van der Waals surface area contributed by atoms with Gasteiger partial charge in [0.15, 0.2) is 16.1 Å². The van der Waals surface area contributed by atoms with Crippen LogP contribution in [0.3, 0.4) is 0 Å². The van der Waals surface area contributed by atoms with Gasteiger partial charge in [-0.2, -0.15) is 18.3 Å². The van der Waals surface area contributed by atoms with Crippen molar-refractivity contribution in [2.45, 2.75) is 38.4 Å². The molecule has 0 aromatic carbocycles. The summed E-state index contributed by atoms with van der Waals surface area (Å²) in [6, 6.07) is 3.10. The number of fused-ring (bicyclic) bond motifs is 1. The van der Waals surface area contributed by atoms with Crippen molar-refractivity contribution in [2.75, 3.05) is 6.54 Å². The van der Waals surface area contributed by atoms with Crippen molar-refractivity contribution in [3.63, 3.8) is 0 Å². The molecular weight excluding hydrogens is 391 g/mol. The highest BCUT2D eigenvalue weighted by atomic mass is 79.9. The van der Waals surface area contributed by atoms with Gasteiger partial charge < -0.3 is 9.73 Å². The zero-order valence-electron chi connectivity index (χ0n) is 12.6. The second-order valence-corrected chi connectivity index (χ2v) is 6.34. The summed E-state index contributed by atoms with van der Waals surface area (Å²) in [6.07, 6.45) is -1.88. The maximum atomic E-state index is 13.1. The largest absolute Gasteiger partial charge is 0.444 e. The third-order valence-corrected chi connectivity index (χ3v) is 4.36. The zero-order chi connectivity index (χ0) is 17.3. The van der Waals surface area contributed by atoms with Gasteiger partial charge in [-0.25, -0.2) is 0 Å². The molecule has 0 bridgehead atoms.